The van der Waals surface area contributed by atoms with Gasteiger partial charge in [0.25, 0.3) is 0 Å². The van der Waals surface area contributed by atoms with E-state index in [1.165, 1.54) is 12.5 Å². The molecule has 3 rings (SSSR count). The Hall–Kier alpha value is -3.35. The van der Waals surface area contributed by atoms with Crippen LogP contribution in [0.25, 0.3) is 0 Å². The number of rotatable bonds is 7. The maximum atomic E-state index is 13.0. The molecule has 0 fully saturated rings. The van der Waals surface area contributed by atoms with Crippen LogP contribution in [0.1, 0.15) is 32.8 Å². The van der Waals surface area contributed by atoms with E-state index in [0.717, 1.165) is 18.5 Å². The van der Waals surface area contributed by atoms with Crippen molar-refractivity contribution in [2.45, 2.75) is 39.7 Å². The fourth-order valence-electron chi connectivity index (χ4n) is 3.84. The third-order valence-corrected chi connectivity index (χ3v) is 5.53. The molecule has 0 saturated heterocycles. The van der Waals surface area contributed by atoms with Gasteiger partial charge in [-0.15, -0.1) is 0 Å². The molecular weight excluding hydrogens is 392 g/mol. The molecule has 3 amide bonds. The predicted molar refractivity (Wildman–Crippen MR) is 123 cm³/mol. The van der Waals surface area contributed by atoms with Gasteiger partial charge in [0.15, 0.2) is 0 Å². The first-order valence-electron chi connectivity index (χ1n) is 10.7. The second-order valence-corrected chi connectivity index (χ2v) is 7.86. The normalized spacial score (nSPS) is 15.1. The SMILES string of the molecule is CCN(CC(=O)Nc1ccc(NC(C)=O)cc1)C(=O)CN1c2ccccc2CC[C@@H]1C. The second kappa shape index (κ2) is 10.1. The van der Waals surface area contributed by atoms with Gasteiger partial charge in [-0.3, -0.25) is 14.4 Å². The first kappa shape index (κ1) is 22.3. The Morgan fingerprint density at radius 1 is 1.03 bits per heavy atom. The van der Waals surface area contributed by atoms with Crippen LogP contribution >= 0.6 is 0 Å². The number of nitrogens with zero attached hydrogens (tertiary/aromatic N) is 2. The smallest absolute Gasteiger partial charge is 0.243 e. The Balaban J connectivity index is 1.59. The number of amides is 3. The topological polar surface area (TPSA) is 81.8 Å². The number of hydrogen-bond acceptors (Lipinski definition) is 4. The van der Waals surface area contributed by atoms with Crippen LogP contribution in [0.5, 0.6) is 0 Å². The van der Waals surface area contributed by atoms with Crippen molar-refractivity contribution in [3.63, 3.8) is 0 Å². The van der Waals surface area contributed by atoms with E-state index in [9.17, 15) is 14.4 Å². The van der Waals surface area contributed by atoms with E-state index in [1.807, 2.05) is 19.1 Å². The lowest BCUT2D eigenvalue weighted by molar-refractivity contribution is -0.133. The second-order valence-electron chi connectivity index (χ2n) is 7.86. The van der Waals surface area contributed by atoms with Crippen molar-refractivity contribution < 1.29 is 14.4 Å². The van der Waals surface area contributed by atoms with Crippen molar-refractivity contribution in [2.75, 3.05) is 35.2 Å². The van der Waals surface area contributed by atoms with E-state index in [0.29, 0.717) is 17.9 Å². The number of nitrogens with one attached hydrogen (secondary N) is 2. The summed E-state index contributed by atoms with van der Waals surface area (Å²) >= 11 is 0. The average Bonchev–Trinajstić information content (AvgIpc) is 2.75. The van der Waals surface area contributed by atoms with Gasteiger partial charge in [-0.1, -0.05) is 18.2 Å². The number of aryl methyl sites for hydroxylation is 1. The molecule has 0 saturated carbocycles. The zero-order chi connectivity index (χ0) is 22.4. The molecule has 7 nitrogen and oxygen atoms in total. The third kappa shape index (κ3) is 5.84. The summed E-state index contributed by atoms with van der Waals surface area (Å²) in [5.41, 5.74) is 3.64. The highest BCUT2D eigenvalue weighted by atomic mass is 16.2. The lowest BCUT2D eigenvalue weighted by Crippen LogP contribution is -2.47. The van der Waals surface area contributed by atoms with Gasteiger partial charge in [-0.25, -0.2) is 0 Å². The van der Waals surface area contributed by atoms with Crippen molar-refractivity contribution in [3.05, 3.63) is 54.1 Å². The molecule has 0 radical (unpaired) electrons. The van der Waals surface area contributed by atoms with E-state index in [2.05, 4.69) is 34.6 Å². The molecule has 1 heterocycles. The van der Waals surface area contributed by atoms with Crippen LogP contribution in [0.3, 0.4) is 0 Å². The van der Waals surface area contributed by atoms with Crippen molar-refractivity contribution in [3.8, 4) is 0 Å². The van der Waals surface area contributed by atoms with Gasteiger partial charge in [-0.05, 0) is 62.6 Å². The van der Waals surface area contributed by atoms with E-state index >= 15 is 0 Å². The molecule has 31 heavy (non-hydrogen) atoms. The van der Waals surface area contributed by atoms with E-state index < -0.39 is 0 Å². The van der Waals surface area contributed by atoms with Gasteiger partial charge in [0, 0.05) is 36.6 Å². The van der Waals surface area contributed by atoms with E-state index in [1.54, 1.807) is 29.2 Å². The summed E-state index contributed by atoms with van der Waals surface area (Å²) < 4.78 is 0. The molecule has 1 aliphatic heterocycles. The van der Waals surface area contributed by atoms with Crippen LogP contribution < -0.4 is 15.5 Å². The van der Waals surface area contributed by atoms with Gasteiger partial charge in [0.2, 0.25) is 17.7 Å². The Labute approximate surface area is 183 Å². The molecule has 2 aromatic rings. The summed E-state index contributed by atoms with van der Waals surface area (Å²) in [5, 5.41) is 5.49. The molecule has 0 spiro atoms. The highest BCUT2D eigenvalue weighted by molar-refractivity contribution is 5.95. The van der Waals surface area contributed by atoms with Crippen molar-refractivity contribution in [1.82, 2.24) is 4.90 Å². The molecular formula is C24H30N4O3. The van der Waals surface area contributed by atoms with Gasteiger partial charge >= 0.3 is 0 Å². The Morgan fingerprint density at radius 2 is 1.68 bits per heavy atom. The number of carbonyl (C=O) groups is 3. The number of likely N-dealkylation sites (N-methyl/N-ethyl adjacent to an activating group) is 1. The maximum Gasteiger partial charge on any atom is 0.243 e. The Kier molecular flexibility index (Phi) is 7.28. The zero-order valence-corrected chi connectivity index (χ0v) is 18.4. The lowest BCUT2D eigenvalue weighted by atomic mass is 9.96. The molecule has 0 aromatic heterocycles. The molecule has 0 unspecified atom stereocenters. The van der Waals surface area contributed by atoms with E-state index in [4.69, 9.17) is 0 Å². The molecule has 1 atom stereocenters. The minimum Gasteiger partial charge on any atom is -0.359 e. The van der Waals surface area contributed by atoms with Crippen LogP contribution in [0, 0.1) is 0 Å². The fraction of sp³-hybridized carbons (Fsp3) is 0.375. The molecule has 2 N–H and O–H groups in total. The largest absolute Gasteiger partial charge is 0.359 e. The van der Waals surface area contributed by atoms with Gasteiger partial charge in [0.1, 0.15) is 0 Å². The summed E-state index contributed by atoms with van der Waals surface area (Å²) in [5.74, 6) is -0.476. The molecule has 7 heteroatoms. The number of fused-ring (bicyclic) bond motifs is 1. The average molecular weight is 423 g/mol. The number of anilines is 3. The van der Waals surface area contributed by atoms with Crippen LogP contribution in [0.4, 0.5) is 17.1 Å². The van der Waals surface area contributed by atoms with Gasteiger partial charge in [-0.2, -0.15) is 0 Å². The predicted octanol–water partition coefficient (Wildman–Crippen LogP) is 3.27. The first-order chi connectivity index (χ1) is 14.9. The number of para-hydroxylation sites is 1. The third-order valence-electron chi connectivity index (χ3n) is 5.53. The molecule has 0 aliphatic carbocycles. The number of carbonyl (C=O) groups excluding carboxylic acids is 3. The minimum absolute atomic E-state index is 0.00729. The number of hydrogen-bond donors (Lipinski definition) is 2. The van der Waals surface area contributed by atoms with Crippen molar-refractivity contribution in [2.24, 2.45) is 0 Å². The Morgan fingerprint density at radius 3 is 2.32 bits per heavy atom. The van der Waals surface area contributed by atoms with Crippen molar-refractivity contribution in [1.29, 1.82) is 0 Å². The fourth-order valence-corrected chi connectivity index (χ4v) is 3.84. The van der Waals surface area contributed by atoms with Gasteiger partial charge in [0.05, 0.1) is 13.1 Å². The summed E-state index contributed by atoms with van der Waals surface area (Å²) in [6.07, 6.45) is 2.02. The van der Waals surface area contributed by atoms with Crippen LogP contribution in [0.15, 0.2) is 48.5 Å². The maximum absolute atomic E-state index is 13.0. The zero-order valence-electron chi connectivity index (χ0n) is 18.4. The monoisotopic (exact) mass is 422 g/mol. The number of benzene rings is 2. The lowest BCUT2D eigenvalue weighted by Gasteiger charge is -2.37. The summed E-state index contributed by atoms with van der Waals surface area (Å²) in [6.45, 7) is 6.15. The standard InChI is InChI=1S/C24H30N4O3/c1-4-27(15-23(30)26-21-13-11-20(12-14-21)25-18(3)29)24(31)16-28-17(2)9-10-19-7-5-6-8-22(19)28/h5-8,11-14,17H,4,9-10,15-16H2,1-3H3,(H,25,29)(H,26,30)/t17-/m0/s1. The first-order valence-corrected chi connectivity index (χ1v) is 10.7. The molecule has 0 bridgehead atoms. The highest BCUT2D eigenvalue weighted by Crippen LogP contribution is 2.30. The van der Waals surface area contributed by atoms with E-state index in [-0.39, 0.29) is 36.9 Å². The summed E-state index contributed by atoms with van der Waals surface area (Å²) in [6, 6.07) is 15.3. The quantitative estimate of drug-likeness (QED) is 0.718. The molecule has 164 valence electrons. The summed E-state index contributed by atoms with van der Waals surface area (Å²) in [7, 11) is 0. The Bertz CT molecular complexity index is 942. The van der Waals surface area contributed by atoms with Crippen LogP contribution in [-0.2, 0) is 20.8 Å². The van der Waals surface area contributed by atoms with Gasteiger partial charge < -0.3 is 20.4 Å². The summed E-state index contributed by atoms with van der Waals surface area (Å²) in [4.78, 5) is 40.3. The van der Waals surface area contributed by atoms with Crippen molar-refractivity contribution >= 4 is 34.8 Å². The molecule has 1 aliphatic rings. The van der Waals surface area contributed by atoms with Crippen LogP contribution in [-0.4, -0.2) is 48.3 Å². The van der Waals surface area contributed by atoms with Crippen LogP contribution in [0.2, 0.25) is 0 Å². The highest BCUT2D eigenvalue weighted by Gasteiger charge is 2.26. The minimum atomic E-state index is -0.255. The molecule has 2 aromatic carbocycles.